The topological polar surface area (TPSA) is 79.2 Å². The van der Waals surface area contributed by atoms with Gasteiger partial charge in [-0.05, 0) is 19.1 Å². The van der Waals surface area contributed by atoms with Crippen molar-refractivity contribution in [2.45, 2.75) is 31.5 Å². The normalized spacial score (nSPS) is 33.4. The van der Waals surface area contributed by atoms with Gasteiger partial charge in [0.1, 0.15) is 24.1 Å². The second kappa shape index (κ2) is 5.01. The third-order valence-corrected chi connectivity index (χ3v) is 2.73. The van der Waals surface area contributed by atoms with Crippen molar-refractivity contribution in [3.05, 3.63) is 29.8 Å². The third kappa shape index (κ3) is 2.76. The molecule has 1 aliphatic rings. The summed E-state index contributed by atoms with van der Waals surface area (Å²) in [6.07, 6.45) is -4.56. The maximum Gasteiger partial charge on any atom is 0.228 e. The second-order valence-electron chi connectivity index (χ2n) is 4.18. The molecule has 1 aromatic carbocycles. The minimum atomic E-state index is -1.26. The van der Waals surface area contributed by atoms with Crippen molar-refractivity contribution in [2.24, 2.45) is 0 Å². The molecular weight excluding hydrogens is 224 g/mol. The molecule has 0 spiro atoms. The summed E-state index contributed by atoms with van der Waals surface area (Å²) in [6, 6.07) is 7.25. The van der Waals surface area contributed by atoms with Gasteiger partial charge >= 0.3 is 0 Å². The SMILES string of the molecule is Cc1ccc(OC2OC[C@@H](O)[C@H](O)[C@H]2O)cc1. The van der Waals surface area contributed by atoms with Crippen LogP contribution >= 0.6 is 0 Å². The fourth-order valence-electron chi connectivity index (χ4n) is 1.63. The fourth-order valence-corrected chi connectivity index (χ4v) is 1.63. The first kappa shape index (κ1) is 12.3. The lowest BCUT2D eigenvalue weighted by Gasteiger charge is -2.34. The third-order valence-electron chi connectivity index (χ3n) is 2.73. The van der Waals surface area contributed by atoms with Crippen LogP contribution in [-0.2, 0) is 4.74 Å². The number of ether oxygens (including phenoxy) is 2. The molecule has 0 amide bonds. The van der Waals surface area contributed by atoms with E-state index in [1.807, 2.05) is 19.1 Å². The zero-order chi connectivity index (χ0) is 12.4. The Kier molecular flexibility index (Phi) is 3.63. The van der Waals surface area contributed by atoms with Crippen molar-refractivity contribution in [1.82, 2.24) is 0 Å². The maximum absolute atomic E-state index is 9.66. The summed E-state index contributed by atoms with van der Waals surface area (Å²) in [4.78, 5) is 0. The van der Waals surface area contributed by atoms with E-state index in [0.717, 1.165) is 5.56 Å². The number of aliphatic hydroxyl groups excluding tert-OH is 3. The summed E-state index contributed by atoms with van der Waals surface area (Å²) in [5.74, 6) is 0.545. The standard InChI is InChI=1S/C12H16O5/c1-7-2-4-8(5-3-7)17-12-11(15)10(14)9(13)6-16-12/h2-5,9-15H,6H2,1H3/t9-,10+,11-,12?/m1/s1. The molecule has 1 unspecified atom stereocenters. The first-order valence-corrected chi connectivity index (χ1v) is 5.47. The molecule has 1 aliphatic heterocycles. The number of hydrogen-bond donors (Lipinski definition) is 3. The van der Waals surface area contributed by atoms with Crippen molar-refractivity contribution in [3.8, 4) is 5.75 Å². The highest BCUT2D eigenvalue weighted by molar-refractivity contribution is 5.26. The van der Waals surface area contributed by atoms with E-state index in [9.17, 15) is 15.3 Å². The number of aliphatic hydroxyl groups is 3. The van der Waals surface area contributed by atoms with Crippen LogP contribution in [0.2, 0.25) is 0 Å². The van der Waals surface area contributed by atoms with Crippen molar-refractivity contribution >= 4 is 0 Å². The average molecular weight is 240 g/mol. The van der Waals surface area contributed by atoms with E-state index in [1.54, 1.807) is 12.1 Å². The molecule has 5 heteroatoms. The molecule has 0 saturated carbocycles. The van der Waals surface area contributed by atoms with Gasteiger partial charge in [-0.25, -0.2) is 0 Å². The van der Waals surface area contributed by atoms with Gasteiger partial charge in [0.2, 0.25) is 6.29 Å². The molecule has 1 aromatic rings. The van der Waals surface area contributed by atoms with Gasteiger partial charge in [0.05, 0.1) is 6.61 Å². The number of aryl methyl sites for hydroxylation is 1. The van der Waals surface area contributed by atoms with Crippen LogP contribution in [0.1, 0.15) is 5.56 Å². The highest BCUT2D eigenvalue weighted by Crippen LogP contribution is 2.20. The number of hydrogen-bond acceptors (Lipinski definition) is 5. The van der Waals surface area contributed by atoms with Crippen LogP contribution in [0.3, 0.4) is 0 Å². The molecule has 1 heterocycles. The molecule has 0 aromatic heterocycles. The van der Waals surface area contributed by atoms with E-state index in [-0.39, 0.29) is 6.61 Å². The summed E-state index contributed by atoms with van der Waals surface area (Å²) in [7, 11) is 0. The molecule has 1 fully saturated rings. The molecule has 0 bridgehead atoms. The Bertz CT molecular complexity index is 364. The number of rotatable bonds is 2. The summed E-state index contributed by atoms with van der Waals surface area (Å²) in [5.41, 5.74) is 1.10. The van der Waals surface area contributed by atoms with E-state index in [1.165, 1.54) is 0 Å². The predicted octanol–water partition coefficient (Wildman–Crippen LogP) is -0.187. The van der Waals surface area contributed by atoms with Crippen LogP contribution in [0.4, 0.5) is 0 Å². The summed E-state index contributed by atoms with van der Waals surface area (Å²) in [5, 5.41) is 28.4. The molecule has 94 valence electrons. The Balaban J connectivity index is 2.01. The quantitative estimate of drug-likeness (QED) is 0.668. The van der Waals surface area contributed by atoms with Gasteiger partial charge < -0.3 is 24.8 Å². The average Bonchev–Trinajstić information content (AvgIpc) is 2.33. The van der Waals surface area contributed by atoms with Crippen molar-refractivity contribution in [1.29, 1.82) is 0 Å². The van der Waals surface area contributed by atoms with Crippen molar-refractivity contribution in [2.75, 3.05) is 6.61 Å². The first-order valence-electron chi connectivity index (χ1n) is 5.47. The van der Waals surface area contributed by atoms with E-state index in [4.69, 9.17) is 9.47 Å². The monoisotopic (exact) mass is 240 g/mol. The Labute approximate surface area is 99.2 Å². The lowest BCUT2D eigenvalue weighted by Crippen LogP contribution is -2.54. The molecule has 0 aliphatic carbocycles. The van der Waals surface area contributed by atoms with Gasteiger partial charge in [-0.3, -0.25) is 0 Å². The van der Waals surface area contributed by atoms with Gasteiger partial charge in [-0.15, -0.1) is 0 Å². The molecule has 0 radical (unpaired) electrons. The maximum atomic E-state index is 9.66. The van der Waals surface area contributed by atoms with Crippen LogP contribution < -0.4 is 4.74 Å². The minimum absolute atomic E-state index is 0.0608. The Hall–Kier alpha value is -1.14. The second-order valence-corrected chi connectivity index (χ2v) is 4.18. The zero-order valence-corrected chi connectivity index (χ0v) is 9.48. The van der Waals surface area contributed by atoms with Crippen LogP contribution in [0.25, 0.3) is 0 Å². The fraction of sp³-hybridized carbons (Fsp3) is 0.500. The van der Waals surface area contributed by atoms with Gasteiger partial charge in [0, 0.05) is 0 Å². The first-order chi connectivity index (χ1) is 8.08. The summed E-state index contributed by atoms with van der Waals surface area (Å²) < 4.78 is 10.5. The number of benzene rings is 1. The van der Waals surface area contributed by atoms with Crippen LogP contribution in [-0.4, -0.2) is 46.5 Å². The molecule has 4 atom stereocenters. The van der Waals surface area contributed by atoms with E-state index in [2.05, 4.69) is 0 Å². The van der Waals surface area contributed by atoms with Crippen LogP contribution in [0, 0.1) is 6.92 Å². The lowest BCUT2D eigenvalue weighted by atomic mass is 10.1. The summed E-state index contributed by atoms with van der Waals surface area (Å²) >= 11 is 0. The van der Waals surface area contributed by atoms with Crippen molar-refractivity contribution < 1.29 is 24.8 Å². The van der Waals surface area contributed by atoms with Crippen molar-refractivity contribution in [3.63, 3.8) is 0 Å². The van der Waals surface area contributed by atoms with Gasteiger partial charge in [0.25, 0.3) is 0 Å². The summed E-state index contributed by atoms with van der Waals surface area (Å²) in [6.45, 7) is 1.89. The molecule has 1 saturated heterocycles. The molecule has 2 rings (SSSR count). The predicted molar refractivity (Wildman–Crippen MR) is 59.6 cm³/mol. The van der Waals surface area contributed by atoms with Gasteiger partial charge in [-0.2, -0.15) is 0 Å². The highest BCUT2D eigenvalue weighted by atomic mass is 16.7. The highest BCUT2D eigenvalue weighted by Gasteiger charge is 2.38. The van der Waals surface area contributed by atoms with E-state index >= 15 is 0 Å². The van der Waals surface area contributed by atoms with E-state index < -0.39 is 24.6 Å². The smallest absolute Gasteiger partial charge is 0.228 e. The molecule has 5 nitrogen and oxygen atoms in total. The van der Waals surface area contributed by atoms with Crippen LogP contribution in [0.5, 0.6) is 5.75 Å². The van der Waals surface area contributed by atoms with E-state index in [0.29, 0.717) is 5.75 Å². The zero-order valence-electron chi connectivity index (χ0n) is 9.48. The molecular formula is C12H16O5. The Morgan fingerprint density at radius 3 is 2.41 bits per heavy atom. The molecule has 3 N–H and O–H groups in total. The van der Waals surface area contributed by atoms with Gasteiger partial charge in [0.15, 0.2) is 0 Å². The van der Waals surface area contributed by atoms with Gasteiger partial charge in [-0.1, -0.05) is 17.7 Å². The Morgan fingerprint density at radius 1 is 1.12 bits per heavy atom. The molecule has 17 heavy (non-hydrogen) atoms. The largest absolute Gasteiger partial charge is 0.462 e. The van der Waals surface area contributed by atoms with Crippen LogP contribution in [0.15, 0.2) is 24.3 Å². The minimum Gasteiger partial charge on any atom is -0.462 e. The lowest BCUT2D eigenvalue weighted by molar-refractivity contribution is -0.242. The Morgan fingerprint density at radius 2 is 1.76 bits per heavy atom.